The van der Waals surface area contributed by atoms with Gasteiger partial charge in [0.25, 0.3) is 0 Å². The number of nitrogens with zero attached hydrogens (tertiary/aromatic N) is 2. The van der Waals surface area contributed by atoms with Gasteiger partial charge in [0.1, 0.15) is 30.9 Å². The summed E-state index contributed by atoms with van der Waals surface area (Å²) in [5.74, 6) is -3.24. The Labute approximate surface area is 272 Å². The molecule has 3 aromatic carbocycles. The molecule has 248 valence electrons. The number of halogens is 2. The zero-order valence-corrected chi connectivity index (χ0v) is 26.5. The van der Waals surface area contributed by atoms with Crippen LogP contribution in [0.5, 0.6) is 0 Å². The third kappa shape index (κ3) is 9.26. The van der Waals surface area contributed by atoms with Crippen molar-refractivity contribution < 1.29 is 38.1 Å². The third-order valence-electron chi connectivity index (χ3n) is 7.69. The Morgan fingerprint density at radius 2 is 1.57 bits per heavy atom. The molecule has 11 heteroatoms. The molecule has 3 N–H and O–H groups in total. The number of carbonyl (C=O) groups excluding carboxylic acids is 2. The molecule has 2 amide bonds. The van der Waals surface area contributed by atoms with E-state index < -0.39 is 53.7 Å². The molecule has 0 bridgehead atoms. The first-order valence-electron chi connectivity index (χ1n) is 15.2. The first-order chi connectivity index (χ1) is 22.4. The molecule has 4 rings (SSSR count). The van der Waals surface area contributed by atoms with Gasteiger partial charge in [-0.2, -0.15) is 0 Å². The Morgan fingerprint density at radius 1 is 0.936 bits per heavy atom. The van der Waals surface area contributed by atoms with E-state index in [0.29, 0.717) is 17.8 Å². The van der Waals surface area contributed by atoms with Crippen molar-refractivity contribution in [2.24, 2.45) is 5.41 Å². The highest BCUT2D eigenvalue weighted by Crippen LogP contribution is 2.41. The highest BCUT2D eigenvalue weighted by Gasteiger charge is 2.38. The van der Waals surface area contributed by atoms with Crippen LogP contribution in [0.2, 0.25) is 0 Å². The van der Waals surface area contributed by atoms with E-state index >= 15 is 0 Å². The maximum atomic E-state index is 15.0. The lowest BCUT2D eigenvalue weighted by atomic mass is 9.82. The van der Waals surface area contributed by atoms with E-state index in [1.54, 1.807) is 36.5 Å². The number of carboxylic acids is 1. The van der Waals surface area contributed by atoms with Crippen LogP contribution in [0.1, 0.15) is 50.1 Å². The summed E-state index contributed by atoms with van der Waals surface area (Å²) < 4.78 is 36.2. The number of aromatic nitrogens is 1. The second-order valence-corrected chi connectivity index (χ2v) is 12.3. The Morgan fingerprint density at radius 3 is 2.17 bits per heavy atom. The van der Waals surface area contributed by atoms with Crippen LogP contribution in [0.15, 0.2) is 91.1 Å². The van der Waals surface area contributed by atoms with E-state index in [-0.39, 0.29) is 25.1 Å². The lowest BCUT2D eigenvalue weighted by molar-refractivity contribution is -0.143. The smallest absolute Gasteiger partial charge is 0.408 e. The number of rotatable bonds is 13. The number of nitrogens with one attached hydrogen (secondary N) is 1. The standard InChI is InChI=1S/C36H39F2N3O6/c1-36(2,3)33(31-18-26(28-19-27(37)14-15-29(28)38)21-40(31)20-24-10-6-4-7-11-24)41(32(43)22-42)17-16-30(34(44)45)39-35(46)47-23-25-12-8-5-9-13-25/h4-15,18-19,21,30,33,42H,16-17,20,22-23H2,1-3H3,(H,39,46)(H,44,45). The van der Waals surface area contributed by atoms with Crippen LogP contribution in [0.25, 0.3) is 11.1 Å². The van der Waals surface area contributed by atoms with Gasteiger partial charge < -0.3 is 29.7 Å². The molecule has 0 radical (unpaired) electrons. The van der Waals surface area contributed by atoms with Crippen LogP contribution in [-0.2, 0) is 27.5 Å². The van der Waals surface area contributed by atoms with E-state index in [2.05, 4.69) is 5.32 Å². The molecule has 0 aliphatic carbocycles. The quantitative estimate of drug-likeness (QED) is 0.160. The van der Waals surface area contributed by atoms with Crippen molar-refractivity contribution in [2.75, 3.05) is 13.2 Å². The lowest BCUT2D eigenvalue weighted by Gasteiger charge is -2.41. The van der Waals surface area contributed by atoms with Crippen LogP contribution in [0.3, 0.4) is 0 Å². The molecule has 1 aromatic heterocycles. The summed E-state index contributed by atoms with van der Waals surface area (Å²) in [6.45, 7) is 4.88. The maximum absolute atomic E-state index is 15.0. The Bertz CT molecular complexity index is 1670. The molecule has 0 spiro atoms. The lowest BCUT2D eigenvalue weighted by Crippen LogP contribution is -2.47. The highest BCUT2D eigenvalue weighted by atomic mass is 19.1. The molecule has 0 aliphatic rings. The minimum absolute atomic E-state index is 0.0370. The largest absolute Gasteiger partial charge is 0.480 e. The summed E-state index contributed by atoms with van der Waals surface area (Å²) >= 11 is 0. The van der Waals surface area contributed by atoms with E-state index in [4.69, 9.17) is 4.74 Å². The fourth-order valence-corrected chi connectivity index (χ4v) is 5.53. The number of aliphatic hydroxyl groups is 1. The fraction of sp³-hybridized carbons (Fsp3) is 0.306. The second kappa shape index (κ2) is 15.5. The normalized spacial score (nSPS) is 12.6. The molecule has 2 atom stereocenters. The van der Waals surface area contributed by atoms with Crippen LogP contribution >= 0.6 is 0 Å². The van der Waals surface area contributed by atoms with Crippen molar-refractivity contribution in [3.05, 3.63) is 120 Å². The van der Waals surface area contributed by atoms with Gasteiger partial charge >= 0.3 is 12.1 Å². The van der Waals surface area contributed by atoms with Gasteiger partial charge in [-0.1, -0.05) is 81.4 Å². The average molecular weight is 648 g/mol. The third-order valence-corrected chi connectivity index (χ3v) is 7.69. The number of aliphatic hydroxyl groups excluding tert-OH is 1. The van der Waals surface area contributed by atoms with Gasteiger partial charge in [-0.05, 0) is 47.2 Å². The van der Waals surface area contributed by atoms with Crippen LogP contribution in [0, 0.1) is 17.0 Å². The maximum Gasteiger partial charge on any atom is 0.408 e. The molecular formula is C36H39F2N3O6. The van der Waals surface area contributed by atoms with Crippen molar-refractivity contribution in [1.29, 1.82) is 0 Å². The number of ether oxygens (including phenoxy) is 1. The molecule has 4 aromatic rings. The molecule has 0 saturated carbocycles. The van der Waals surface area contributed by atoms with Gasteiger partial charge in [0.2, 0.25) is 5.91 Å². The second-order valence-electron chi connectivity index (χ2n) is 12.3. The zero-order chi connectivity index (χ0) is 34.1. The Kier molecular flexibility index (Phi) is 11.5. The summed E-state index contributed by atoms with van der Waals surface area (Å²) in [7, 11) is 0. The molecule has 0 fully saturated rings. The highest BCUT2D eigenvalue weighted by molar-refractivity contribution is 5.80. The molecule has 1 heterocycles. The number of alkyl carbamates (subject to hydrolysis) is 1. The van der Waals surface area contributed by atoms with E-state index in [9.17, 15) is 33.4 Å². The van der Waals surface area contributed by atoms with Crippen molar-refractivity contribution in [3.8, 4) is 11.1 Å². The molecule has 47 heavy (non-hydrogen) atoms. The number of carbonyl (C=O) groups is 3. The van der Waals surface area contributed by atoms with Crippen LogP contribution < -0.4 is 5.32 Å². The average Bonchev–Trinajstić information content (AvgIpc) is 3.44. The molecule has 2 unspecified atom stereocenters. The Hall–Kier alpha value is -5.03. The number of benzene rings is 3. The van der Waals surface area contributed by atoms with Gasteiger partial charge in [-0.15, -0.1) is 0 Å². The first-order valence-corrected chi connectivity index (χ1v) is 15.2. The van der Waals surface area contributed by atoms with Crippen molar-refractivity contribution in [1.82, 2.24) is 14.8 Å². The minimum atomic E-state index is -1.42. The van der Waals surface area contributed by atoms with Crippen LogP contribution in [0.4, 0.5) is 13.6 Å². The van der Waals surface area contributed by atoms with Gasteiger partial charge in [0.15, 0.2) is 0 Å². The topological polar surface area (TPSA) is 121 Å². The number of carboxylic acid groups (broad SMARTS) is 1. The van der Waals surface area contributed by atoms with E-state index in [0.717, 1.165) is 29.3 Å². The van der Waals surface area contributed by atoms with Crippen molar-refractivity contribution >= 4 is 18.0 Å². The summed E-state index contributed by atoms with van der Waals surface area (Å²) in [5.41, 5.74) is 1.91. The zero-order valence-electron chi connectivity index (χ0n) is 26.5. The van der Waals surface area contributed by atoms with Crippen molar-refractivity contribution in [3.63, 3.8) is 0 Å². The fourth-order valence-electron chi connectivity index (χ4n) is 5.53. The van der Waals surface area contributed by atoms with Gasteiger partial charge in [-0.25, -0.2) is 18.4 Å². The van der Waals surface area contributed by atoms with Gasteiger partial charge in [0, 0.05) is 36.1 Å². The first kappa shape index (κ1) is 34.8. The van der Waals surface area contributed by atoms with E-state index in [1.165, 1.54) is 4.90 Å². The number of aliphatic carboxylic acids is 1. The van der Waals surface area contributed by atoms with E-state index in [1.807, 2.05) is 61.7 Å². The predicted octanol–water partition coefficient (Wildman–Crippen LogP) is 6.16. The molecule has 0 saturated heterocycles. The summed E-state index contributed by atoms with van der Waals surface area (Å²) in [4.78, 5) is 39.4. The molecule has 9 nitrogen and oxygen atoms in total. The summed E-state index contributed by atoms with van der Waals surface area (Å²) in [6, 6.07) is 21.0. The number of hydrogen-bond donors (Lipinski definition) is 3. The van der Waals surface area contributed by atoms with Crippen LogP contribution in [-0.4, -0.2) is 56.8 Å². The SMILES string of the molecule is CC(C)(C)C(c1cc(-c2cc(F)ccc2F)cn1Cc1ccccc1)N(CCC(NC(=O)OCc1ccccc1)C(=O)O)C(=O)CO. The van der Waals surface area contributed by atoms with Gasteiger partial charge in [0.05, 0.1) is 6.04 Å². The number of amides is 2. The molecular weight excluding hydrogens is 608 g/mol. The minimum Gasteiger partial charge on any atom is -0.480 e. The summed E-state index contributed by atoms with van der Waals surface area (Å²) in [6.07, 6.45) is 0.538. The molecule has 0 aliphatic heterocycles. The number of hydrogen-bond acceptors (Lipinski definition) is 5. The monoisotopic (exact) mass is 647 g/mol. The summed E-state index contributed by atoms with van der Waals surface area (Å²) in [5, 5.41) is 22.3. The van der Waals surface area contributed by atoms with Gasteiger partial charge in [-0.3, -0.25) is 4.79 Å². The predicted molar refractivity (Wildman–Crippen MR) is 172 cm³/mol. The Balaban J connectivity index is 1.68. The van der Waals surface area contributed by atoms with Crippen molar-refractivity contribution in [2.45, 2.75) is 52.4 Å².